The zero-order valence-electron chi connectivity index (χ0n) is 19.8. The van der Waals surface area contributed by atoms with Crippen LogP contribution in [0.25, 0.3) is 28.2 Å². The zero-order chi connectivity index (χ0) is 24.5. The second-order valence-corrected chi connectivity index (χ2v) is 8.24. The average molecular weight is 472 g/mol. The van der Waals surface area contributed by atoms with E-state index in [1.807, 2.05) is 48.5 Å². The van der Waals surface area contributed by atoms with Crippen molar-refractivity contribution in [3.05, 3.63) is 89.6 Å². The van der Waals surface area contributed by atoms with Gasteiger partial charge in [0.05, 0.1) is 6.61 Å². The second-order valence-electron chi connectivity index (χ2n) is 8.24. The first-order valence-corrected chi connectivity index (χ1v) is 11.8. The third kappa shape index (κ3) is 6.33. The minimum atomic E-state index is -0.384. The molecular formula is C28H29N3O4. The van der Waals surface area contributed by atoms with E-state index in [-0.39, 0.29) is 5.91 Å². The van der Waals surface area contributed by atoms with Gasteiger partial charge in [-0.2, -0.15) is 0 Å². The Hall–Kier alpha value is -3.97. The Balaban J connectivity index is 1.31. The Morgan fingerprint density at radius 1 is 0.914 bits per heavy atom. The first kappa shape index (κ1) is 24.2. The fourth-order valence-corrected chi connectivity index (χ4v) is 3.81. The molecule has 4 aromatic rings. The van der Waals surface area contributed by atoms with Crippen molar-refractivity contribution in [1.29, 1.82) is 0 Å². The van der Waals surface area contributed by atoms with Gasteiger partial charge in [-0.3, -0.25) is 0 Å². The fourth-order valence-electron chi connectivity index (χ4n) is 3.81. The predicted octanol–water partition coefficient (Wildman–Crippen LogP) is 5.28. The Morgan fingerprint density at radius 2 is 1.57 bits per heavy atom. The molecule has 0 aliphatic carbocycles. The quantitative estimate of drug-likeness (QED) is 0.129. The highest BCUT2D eigenvalue weighted by Crippen LogP contribution is 2.23. The first-order valence-electron chi connectivity index (χ1n) is 11.8. The number of hydrogen-bond acceptors (Lipinski definition) is 5. The van der Waals surface area contributed by atoms with Crippen LogP contribution in [0.5, 0.6) is 5.75 Å². The van der Waals surface area contributed by atoms with Crippen molar-refractivity contribution in [3.63, 3.8) is 0 Å². The van der Waals surface area contributed by atoms with Gasteiger partial charge in [-0.15, -0.1) is 4.85 Å². The number of allylic oxidation sites excluding steroid dienone is 1. The largest absolute Gasteiger partial charge is 0.691 e. The molecule has 4 rings (SSSR count). The molecule has 0 saturated carbocycles. The molecule has 0 N–H and O–H groups in total. The van der Waals surface area contributed by atoms with Crippen LogP contribution in [0.4, 0.5) is 0 Å². The standard InChI is InChI=1S/C28H29N3O4/c1-34-20-6-2-3-7-21-35-25-17-15-24(16-18-25)23-13-10-22(11-14-23)12-19-28(32)30-26-8-4-5-9-27(26)31(33)29-30/h4-5,8-19H,2-3,6-7,20-21H2,1H3/b19-12+. The second kappa shape index (κ2) is 11.9. The van der Waals surface area contributed by atoms with Gasteiger partial charge < -0.3 is 14.7 Å². The third-order valence-corrected chi connectivity index (χ3v) is 5.72. The van der Waals surface area contributed by atoms with Gasteiger partial charge in [0.2, 0.25) is 11.0 Å². The molecule has 7 heteroatoms. The summed E-state index contributed by atoms with van der Waals surface area (Å²) in [6.45, 7) is 1.54. The van der Waals surface area contributed by atoms with Gasteiger partial charge in [-0.1, -0.05) is 59.6 Å². The molecule has 0 radical (unpaired) electrons. The lowest BCUT2D eigenvalue weighted by Crippen LogP contribution is -2.30. The summed E-state index contributed by atoms with van der Waals surface area (Å²) in [4.78, 5) is 13.0. The van der Waals surface area contributed by atoms with Gasteiger partial charge in [-0.05, 0) is 66.3 Å². The van der Waals surface area contributed by atoms with Crippen LogP contribution in [-0.2, 0) is 4.74 Å². The molecule has 0 saturated heterocycles. The molecule has 180 valence electrons. The van der Waals surface area contributed by atoms with E-state index < -0.39 is 0 Å². The number of carbonyl (C=O) groups is 1. The smallest absolute Gasteiger partial charge is 0.359 e. The van der Waals surface area contributed by atoms with Crippen molar-refractivity contribution in [2.24, 2.45) is 0 Å². The van der Waals surface area contributed by atoms with Crippen molar-refractivity contribution in [1.82, 2.24) is 9.90 Å². The number of rotatable bonds is 11. The van der Waals surface area contributed by atoms with Crippen LogP contribution in [-0.4, -0.2) is 36.1 Å². The number of benzene rings is 3. The number of aromatic nitrogens is 3. The molecule has 35 heavy (non-hydrogen) atoms. The van der Waals surface area contributed by atoms with Gasteiger partial charge in [0, 0.05) is 19.8 Å². The van der Waals surface area contributed by atoms with Crippen LogP contribution in [0, 0.1) is 5.21 Å². The van der Waals surface area contributed by atoms with E-state index in [0.717, 1.165) is 66.0 Å². The van der Waals surface area contributed by atoms with Gasteiger partial charge in [-0.25, -0.2) is 4.79 Å². The fraction of sp³-hybridized carbons (Fsp3) is 0.250. The highest BCUT2D eigenvalue weighted by Gasteiger charge is 2.18. The summed E-state index contributed by atoms with van der Waals surface area (Å²) in [7, 11) is 1.73. The summed E-state index contributed by atoms with van der Waals surface area (Å²) >= 11 is 0. The van der Waals surface area contributed by atoms with Gasteiger partial charge in [0.1, 0.15) is 11.0 Å². The molecule has 3 aromatic carbocycles. The van der Waals surface area contributed by atoms with Crippen LogP contribution >= 0.6 is 0 Å². The highest BCUT2D eigenvalue weighted by atomic mass is 16.5. The average Bonchev–Trinajstić information content (AvgIpc) is 3.24. The van der Waals surface area contributed by atoms with Crippen LogP contribution < -0.4 is 9.58 Å². The molecule has 0 fully saturated rings. The van der Waals surface area contributed by atoms with E-state index in [0.29, 0.717) is 15.9 Å². The Morgan fingerprint density at radius 3 is 2.29 bits per heavy atom. The molecule has 1 heterocycles. The van der Waals surface area contributed by atoms with Crippen LogP contribution in [0.3, 0.4) is 0 Å². The predicted molar refractivity (Wildman–Crippen MR) is 136 cm³/mol. The maximum Gasteiger partial charge on any atom is 0.359 e. The van der Waals surface area contributed by atoms with Gasteiger partial charge >= 0.3 is 5.91 Å². The number of methoxy groups -OCH3 is 1. The van der Waals surface area contributed by atoms with Gasteiger partial charge in [0.25, 0.3) is 0 Å². The molecular weight excluding hydrogens is 442 g/mol. The van der Waals surface area contributed by atoms with Crippen LogP contribution in [0.1, 0.15) is 36.0 Å². The summed E-state index contributed by atoms with van der Waals surface area (Å²) in [6, 6.07) is 22.8. The topological polar surface area (TPSA) is 80.3 Å². The maximum atomic E-state index is 12.6. The number of hydrogen-bond donors (Lipinski definition) is 0. The van der Waals surface area contributed by atoms with Gasteiger partial charge in [0.15, 0.2) is 0 Å². The van der Waals surface area contributed by atoms with E-state index >= 15 is 0 Å². The number of carbonyl (C=O) groups excluding carboxylic acids is 1. The number of fused-ring (bicyclic) bond motifs is 1. The maximum absolute atomic E-state index is 12.6. The normalized spacial score (nSPS) is 11.3. The SMILES string of the molecule is COCCCCCCOc1ccc(-c2ccc(/C=C/C(=O)n3n[n+]([O-])c4ccccc43)cc2)cc1. The summed E-state index contributed by atoms with van der Waals surface area (Å²) in [5, 5.41) is 15.6. The molecule has 0 spiro atoms. The van der Waals surface area contributed by atoms with E-state index in [2.05, 4.69) is 5.21 Å². The van der Waals surface area contributed by atoms with Crippen molar-refractivity contribution in [3.8, 4) is 16.9 Å². The summed E-state index contributed by atoms with van der Waals surface area (Å²) in [5.74, 6) is 0.486. The number of nitrogens with zero attached hydrogens (tertiary/aromatic N) is 3. The summed E-state index contributed by atoms with van der Waals surface area (Å²) in [6.07, 6.45) is 7.57. The Labute approximate surface area is 204 Å². The molecule has 0 aliphatic rings. The third-order valence-electron chi connectivity index (χ3n) is 5.72. The van der Waals surface area contributed by atoms with Crippen molar-refractivity contribution in [2.45, 2.75) is 25.7 Å². The molecule has 0 bridgehead atoms. The van der Waals surface area contributed by atoms with E-state index in [9.17, 15) is 10.0 Å². The number of ether oxygens (including phenoxy) is 2. The molecule has 0 atom stereocenters. The van der Waals surface area contributed by atoms with Crippen molar-refractivity contribution >= 4 is 23.0 Å². The van der Waals surface area contributed by atoms with Crippen LogP contribution in [0.15, 0.2) is 78.9 Å². The van der Waals surface area contributed by atoms with E-state index in [1.165, 1.54) is 6.08 Å². The van der Waals surface area contributed by atoms with E-state index in [4.69, 9.17) is 9.47 Å². The minimum Gasteiger partial charge on any atom is -0.691 e. The molecule has 0 unspecified atom stereocenters. The van der Waals surface area contributed by atoms with E-state index in [1.54, 1.807) is 37.5 Å². The van der Waals surface area contributed by atoms with Crippen LogP contribution in [0.2, 0.25) is 0 Å². The van der Waals surface area contributed by atoms with Crippen molar-refractivity contribution in [2.75, 3.05) is 20.3 Å². The van der Waals surface area contributed by atoms with Crippen molar-refractivity contribution < 1.29 is 19.1 Å². The molecule has 1 aromatic heterocycles. The molecule has 0 amide bonds. The Kier molecular flexibility index (Phi) is 8.25. The molecule has 7 nitrogen and oxygen atoms in total. The lowest BCUT2D eigenvalue weighted by atomic mass is 10.0. The zero-order valence-corrected chi connectivity index (χ0v) is 19.8. The summed E-state index contributed by atoms with van der Waals surface area (Å²) in [5.41, 5.74) is 3.86. The lowest BCUT2D eigenvalue weighted by molar-refractivity contribution is -0.645. The lowest BCUT2D eigenvalue weighted by Gasteiger charge is -2.08. The highest BCUT2D eigenvalue weighted by molar-refractivity contribution is 5.97. The summed E-state index contributed by atoms with van der Waals surface area (Å²) < 4.78 is 12.0. The monoisotopic (exact) mass is 471 g/mol. The number of para-hydroxylation sites is 2. The minimum absolute atomic E-state index is 0.355. The number of unbranched alkanes of at least 4 members (excludes halogenated alkanes) is 3. The Bertz CT molecular complexity index is 1280. The first-order chi connectivity index (χ1) is 17.2. The molecule has 0 aliphatic heterocycles.